The first-order valence-corrected chi connectivity index (χ1v) is 8.61. The molecule has 2 unspecified atom stereocenters. The largest absolute Gasteiger partial charge is 2.00 e. The monoisotopic (exact) mass is 524 g/mol. The zero-order valence-corrected chi connectivity index (χ0v) is 19.7. The van der Waals surface area contributed by atoms with E-state index in [0.717, 1.165) is 0 Å². The summed E-state index contributed by atoms with van der Waals surface area (Å²) in [5, 5.41) is 0. The van der Waals surface area contributed by atoms with Gasteiger partial charge in [0.2, 0.25) is 0 Å². The number of hydrogen-bond donors (Lipinski definition) is 0. The number of rotatable bonds is 2. The first kappa shape index (κ1) is 24.3. The van der Waals surface area contributed by atoms with E-state index in [1.165, 1.54) is 11.9 Å². The summed E-state index contributed by atoms with van der Waals surface area (Å²) in [5.74, 6) is 0. The van der Waals surface area contributed by atoms with Crippen LogP contribution in [-0.4, -0.2) is 46.5 Å². The molecule has 3 rings (SSSR count). The van der Waals surface area contributed by atoms with Crippen molar-refractivity contribution in [1.82, 2.24) is 19.3 Å². The molecule has 26 heavy (non-hydrogen) atoms. The summed E-state index contributed by atoms with van der Waals surface area (Å²) in [7, 11) is 6.04. The van der Waals surface area contributed by atoms with E-state index < -0.39 is 0 Å². The fourth-order valence-corrected chi connectivity index (χ4v) is 2.17. The predicted octanol–water partition coefficient (Wildman–Crippen LogP) is 4.36. The van der Waals surface area contributed by atoms with Crippen LogP contribution in [-0.2, 0) is 21.1 Å². The number of nitrogens with zero attached hydrogens (tertiary/aromatic N) is 4. The Bertz CT molecular complexity index is 587. The molecule has 2 aliphatic rings. The molecule has 1 aromatic heterocycles. The molecule has 0 saturated carbocycles. The summed E-state index contributed by atoms with van der Waals surface area (Å²) in [6.45, 7) is 13.2. The van der Waals surface area contributed by atoms with E-state index in [0.29, 0.717) is 12.2 Å². The minimum atomic E-state index is 0. The van der Waals surface area contributed by atoms with Gasteiger partial charge in [0.25, 0.3) is 0 Å². The Morgan fingerprint density at radius 1 is 1.15 bits per heavy atom. The van der Waals surface area contributed by atoms with Gasteiger partial charge in [0.15, 0.2) is 0 Å². The Morgan fingerprint density at radius 3 is 2.31 bits per heavy atom. The molecular weight excluding hydrogens is 492 g/mol. The molecule has 2 aliphatic heterocycles. The van der Waals surface area contributed by atoms with Crippen molar-refractivity contribution < 1.29 is 21.1 Å². The summed E-state index contributed by atoms with van der Waals surface area (Å²) in [6.07, 6.45) is 16.7. The fourth-order valence-electron chi connectivity index (χ4n) is 2.17. The molecule has 1 aromatic rings. The summed E-state index contributed by atoms with van der Waals surface area (Å²) in [5.41, 5.74) is 1.29. The van der Waals surface area contributed by atoms with Crippen molar-refractivity contribution in [1.29, 1.82) is 0 Å². The smallest absolute Gasteiger partial charge is 0.560 e. The maximum absolute atomic E-state index is 5.05. The molecule has 0 aliphatic carbocycles. The van der Waals surface area contributed by atoms with Gasteiger partial charge in [0.05, 0.1) is 0 Å². The topological polar surface area (TPSA) is 14.7 Å². The zero-order valence-electron chi connectivity index (χ0n) is 16.8. The third-order valence-electron chi connectivity index (χ3n) is 4.39. The van der Waals surface area contributed by atoms with Crippen LogP contribution in [0, 0.1) is 13.1 Å². The van der Waals surface area contributed by atoms with Gasteiger partial charge in [-0.15, -0.1) is 0 Å². The number of allylic oxidation sites excluding steroid dienone is 2. The molecule has 0 spiro atoms. The second-order valence-corrected chi connectivity index (χ2v) is 6.16. The summed E-state index contributed by atoms with van der Waals surface area (Å²) in [4.78, 5) is 6.13. The van der Waals surface area contributed by atoms with Crippen molar-refractivity contribution in [2.75, 3.05) is 21.1 Å². The molecule has 0 N–H and O–H groups in total. The van der Waals surface area contributed by atoms with Crippen molar-refractivity contribution in [3.63, 3.8) is 0 Å². The Labute approximate surface area is 174 Å². The maximum atomic E-state index is 5.05. The van der Waals surface area contributed by atoms with E-state index in [-0.39, 0.29) is 21.1 Å². The van der Waals surface area contributed by atoms with Crippen molar-refractivity contribution in [2.24, 2.45) is 0 Å². The van der Waals surface area contributed by atoms with Crippen molar-refractivity contribution in [2.45, 2.75) is 33.0 Å². The maximum Gasteiger partial charge on any atom is 2.00 e. The molecule has 0 bridgehead atoms. The van der Waals surface area contributed by atoms with Crippen LogP contribution in [0.5, 0.6) is 0 Å². The van der Waals surface area contributed by atoms with E-state index in [9.17, 15) is 0 Å². The molecule has 5 heteroatoms. The van der Waals surface area contributed by atoms with Gasteiger partial charge in [-0.1, -0.05) is 12.2 Å². The zero-order chi connectivity index (χ0) is 18.8. The van der Waals surface area contributed by atoms with Gasteiger partial charge in [0, 0.05) is 38.2 Å². The van der Waals surface area contributed by atoms with Crippen LogP contribution >= 0.6 is 0 Å². The van der Waals surface area contributed by atoms with E-state index in [1.807, 2.05) is 26.6 Å². The van der Waals surface area contributed by atoms with Crippen LogP contribution in [0.1, 0.15) is 32.6 Å². The summed E-state index contributed by atoms with van der Waals surface area (Å²) < 4.78 is 2.25. The fraction of sp³-hybridized carbons (Fsp3) is 0.381. The molecule has 2 atom stereocenters. The third-order valence-corrected chi connectivity index (χ3v) is 4.39. The molecule has 3 heterocycles. The van der Waals surface area contributed by atoms with Crippen LogP contribution in [0.2, 0.25) is 0 Å². The Kier molecular flexibility index (Phi) is 11.8. The van der Waals surface area contributed by atoms with E-state index >= 15 is 0 Å². The average Bonchev–Trinajstić information content (AvgIpc) is 3.11. The number of fused-ring (bicyclic) bond motifs is 1. The number of aromatic nitrogens is 1. The van der Waals surface area contributed by atoms with E-state index in [2.05, 4.69) is 91.3 Å². The first-order chi connectivity index (χ1) is 11.9. The molecule has 0 saturated heterocycles. The minimum absolute atomic E-state index is 0. The average molecular weight is 524 g/mol. The molecule has 4 nitrogen and oxygen atoms in total. The SMILES string of the molecule is CC1C=CC=CN1C.CC1N(C)C=Cc2cccn21.[CH-]=CN(C)[CH-]C.[W+2]. The van der Waals surface area contributed by atoms with Gasteiger partial charge in [-0.3, -0.25) is 0 Å². The molecule has 0 radical (unpaired) electrons. The van der Waals surface area contributed by atoms with Crippen LogP contribution in [0.15, 0.2) is 55.2 Å². The second kappa shape index (κ2) is 12.6. The van der Waals surface area contributed by atoms with Crippen molar-refractivity contribution in [3.05, 3.63) is 74.0 Å². The molecule has 0 fully saturated rings. The Morgan fingerprint density at radius 2 is 1.85 bits per heavy atom. The third kappa shape index (κ3) is 7.70. The molecule has 0 aromatic carbocycles. The number of hydrogen-bond acceptors (Lipinski definition) is 3. The van der Waals surface area contributed by atoms with Gasteiger partial charge in [-0.25, -0.2) is 12.7 Å². The quantitative estimate of drug-likeness (QED) is 0.535. The predicted molar refractivity (Wildman–Crippen MR) is 108 cm³/mol. The molecular formula is C21H32N4W. The van der Waals surface area contributed by atoms with Gasteiger partial charge < -0.3 is 25.8 Å². The van der Waals surface area contributed by atoms with Gasteiger partial charge in [-0.05, 0) is 51.4 Å². The van der Waals surface area contributed by atoms with Gasteiger partial charge in [-0.2, -0.15) is 6.92 Å². The van der Waals surface area contributed by atoms with Crippen LogP contribution in [0.25, 0.3) is 6.08 Å². The molecule has 142 valence electrons. The summed E-state index contributed by atoms with van der Waals surface area (Å²) >= 11 is 0. The van der Waals surface area contributed by atoms with E-state index in [1.54, 1.807) is 4.90 Å². The molecule has 0 amide bonds. The van der Waals surface area contributed by atoms with E-state index in [4.69, 9.17) is 6.58 Å². The number of likely N-dealkylation sites (N-methyl/N-ethyl adjacent to an activating group) is 1. The van der Waals surface area contributed by atoms with Crippen molar-refractivity contribution in [3.8, 4) is 0 Å². The second-order valence-electron chi connectivity index (χ2n) is 6.16. The first-order valence-electron chi connectivity index (χ1n) is 8.61. The van der Waals surface area contributed by atoms with Gasteiger partial charge in [0.1, 0.15) is 6.17 Å². The van der Waals surface area contributed by atoms with Crippen molar-refractivity contribution >= 4 is 6.08 Å². The van der Waals surface area contributed by atoms with Gasteiger partial charge >= 0.3 is 21.1 Å². The van der Waals surface area contributed by atoms with Crippen LogP contribution in [0.3, 0.4) is 0 Å². The summed E-state index contributed by atoms with van der Waals surface area (Å²) in [6, 6.07) is 4.77. The normalized spacial score (nSPS) is 19.3. The Balaban J connectivity index is 0.000000374. The van der Waals surface area contributed by atoms with Crippen LogP contribution in [0.4, 0.5) is 0 Å². The van der Waals surface area contributed by atoms with Crippen LogP contribution < -0.4 is 0 Å². The minimum Gasteiger partial charge on any atom is -0.560 e. The standard InChI is InChI=1S/C9H12N2.C7H11N.C5H9N.W/c1-8-10(2)7-5-9-4-3-6-11(8)9;1-7-5-3-4-6-8(7)2;1-4-6(3)5-2;/h3-8H,1-2H3;3-7H,1-2H3;1,4-5H,2-3H3;/q;;-2;+2. The Hall–Kier alpha value is -1.67.